The van der Waals surface area contributed by atoms with E-state index >= 15 is 4.39 Å². The SMILES string of the molecule is CCCCCc1c(C)c(F)cc(N=C(C2=CCCC=C2)c2ccccc2)c1C1OCCO1. The molecule has 0 bridgehead atoms. The van der Waals surface area contributed by atoms with Gasteiger partial charge < -0.3 is 9.47 Å². The number of nitrogens with zero attached hydrogens (tertiary/aromatic N) is 1. The molecule has 0 aromatic heterocycles. The molecule has 2 aromatic carbocycles. The minimum Gasteiger partial charge on any atom is -0.346 e. The molecule has 2 aromatic rings. The standard InChI is InChI=1S/C28H32FNO2/c1-3-4-7-16-23-20(2)24(29)19-25(26(23)28-31-17-18-32-28)30-27(21-12-8-5-9-13-21)22-14-10-6-11-15-22/h5,8-10,12-15,19,28H,3-4,6-7,11,16-18H2,1-2H3. The van der Waals surface area contributed by atoms with Crippen molar-refractivity contribution in [3.8, 4) is 0 Å². The van der Waals surface area contributed by atoms with Gasteiger partial charge in [0, 0.05) is 17.2 Å². The Balaban J connectivity index is 1.88. The molecule has 0 N–H and O–H groups in total. The van der Waals surface area contributed by atoms with Crippen LogP contribution in [0.4, 0.5) is 10.1 Å². The van der Waals surface area contributed by atoms with Gasteiger partial charge in [-0.05, 0) is 49.3 Å². The lowest BCUT2D eigenvalue weighted by Gasteiger charge is -2.21. The fraction of sp³-hybridized carbons (Fsp3) is 0.393. The lowest BCUT2D eigenvalue weighted by Crippen LogP contribution is -2.10. The molecular formula is C28H32FNO2. The van der Waals surface area contributed by atoms with Crippen molar-refractivity contribution in [2.75, 3.05) is 13.2 Å². The van der Waals surface area contributed by atoms with Crippen LogP contribution in [-0.2, 0) is 15.9 Å². The molecule has 0 atom stereocenters. The van der Waals surface area contributed by atoms with Gasteiger partial charge in [0.25, 0.3) is 0 Å². The molecule has 4 heteroatoms. The van der Waals surface area contributed by atoms with Crippen molar-refractivity contribution >= 4 is 11.4 Å². The van der Waals surface area contributed by atoms with Gasteiger partial charge in [-0.1, -0.05) is 68.3 Å². The van der Waals surface area contributed by atoms with Crippen LogP contribution >= 0.6 is 0 Å². The third kappa shape index (κ3) is 5.08. The summed E-state index contributed by atoms with van der Waals surface area (Å²) in [5.74, 6) is -0.224. The second-order valence-corrected chi connectivity index (χ2v) is 8.39. The molecule has 1 heterocycles. The van der Waals surface area contributed by atoms with Crippen molar-refractivity contribution in [2.45, 2.75) is 58.7 Å². The van der Waals surface area contributed by atoms with Gasteiger partial charge in [0.15, 0.2) is 6.29 Å². The van der Waals surface area contributed by atoms with Crippen molar-refractivity contribution in [3.05, 3.63) is 88.3 Å². The lowest BCUT2D eigenvalue weighted by molar-refractivity contribution is -0.0443. The van der Waals surface area contributed by atoms with Crippen LogP contribution in [0.1, 0.15) is 67.6 Å². The highest BCUT2D eigenvalue weighted by Crippen LogP contribution is 2.39. The molecule has 1 saturated heterocycles. The quantitative estimate of drug-likeness (QED) is 0.323. The second kappa shape index (κ2) is 10.8. The first kappa shape index (κ1) is 22.6. The predicted molar refractivity (Wildman–Crippen MR) is 128 cm³/mol. The number of halogens is 1. The molecule has 3 nitrogen and oxygen atoms in total. The summed E-state index contributed by atoms with van der Waals surface area (Å²) in [5, 5.41) is 0. The number of hydrogen-bond donors (Lipinski definition) is 0. The maximum Gasteiger partial charge on any atom is 0.186 e. The van der Waals surface area contributed by atoms with Gasteiger partial charge in [0.1, 0.15) is 5.82 Å². The highest BCUT2D eigenvalue weighted by atomic mass is 19.1. The average Bonchev–Trinajstić information content (AvgIpc) is 3.36. The molecule has 0 amide bonds. The monoisotopic (exact) mass is 433 g/mol. The molecule has 1 aliphatic heterocycles. The van der Waals surface area contributed by atoms with Crippen LogP contribution in [-0.4, -0.2) is 18.9 Å². The zero-order chi connectivity index (χ0) is 22.3. The number of benzene rings is 2. The van der Waals surface area contributed by atoms with Crippen LogP contribution in [0.15, 0.2) is 65.2 Å². The summed E-state index contributed by atoms with van der Waals surface area (Å²) in [5.41, 5.74) is 6.06. The zero-order valence-electron chi connectivity index (χ0n) is 19.1. The second-order valence-electron chi connectivity index (χ2n) is 8.39. The topological polar surface area (TPSA) is 30.8 Å². The Morgan fingerprint density at radius 1 is 1.09 bits per heavy atom. The molecule has 1 aliphatic carbocycles. The third-order valence-corrected chi connectivity index (χ3v) is 6.11. The molecule has 2 aliphatic rings. The summed E-state index contributed by atoms with van der Waals surface area (Å²) in [7, 11) is 0. The number of aliphatic imine (C=N–C) groups is 1. The van der Waals surface area contributed by atoms with E-state index < -0.39 is 6.29 Å². The molecule has 0 radical (unpaired) electrons. The first-order valence-corrected chi connectivity index (χ1v) is 11.7. The molecule has 32 heavy (non-hydrogen) atoms. The minimum atomic E-state index is -0.502. The Hall–Kier alpha value is -2.56. The number of ether oxygens (including phenoxy) is 2. The fourth-order valence-electron chi connectivity index (χ4n) is 4.36. The van der Waals surface area contributed by atoms with E-state index in [1.807, 2.05) is 25.1 Å². The molecule has 1 fully saturated rings. The van der Waals surface area contributed by atoms with Gasteiger partial charge in [-0.25, -0.2) is 9.38 Å². The van der Waals surface area contributed by atoms with E-state index in [0.717, 1.165) is 66.5 Å². The summed E-state index contributed by atoms with van der Waals surface area (Å²) in [4.78, 5) is 5.09. The van der Waals surface area contributed by atoms with E-state index in [0.29, 0.717) is 24.5 Å². The summed E-state index contributed by atoms with van der Waals surface area (Å²) >= 11 is 0. The predicted octanol–water partition coefficient (Wildman–Crippen LogP) is 7.31. The van der Waals surface area contributed by atoms with Gasteiger partial charge >= 0.3 is 0 Å². The number of unbranched alkanes of at least 4 members (excludes halogenated alkanes) is 2. The lowest BCUT2D eigenvalue weighted by atomic mass is 9.93. The van der Waals surface area contributed by atoms with Crippen molar-refractivity contribution in [2.24, 2.45) is 4.99 Å². The van der Waals surface area contributed by atoms with Crippen molar-refractivity contribution in [3.63, 3.8) is 0 Å². The third-order valence-electron chi connectivity index (χ3n) is 6.11. The molecule has 0 spiro atoms. The van der Waals surface area contributed by atoms with E-state index in [1.54, 1.807) is 6.07 Å². The Kier molecular flexibility index (Phi) is 7.67. The zero-order valence-corrected chi connectivity index (χ0v) is 19.1. The molecule has 168 valence electrons. The maximum atomic E-state index is 15.1. The van der Waals surface area contributed by atoms with Crippen molar-refractivity contribution in [1.29, 1.82) is 0 Å². The van der Waals surface area contributed by atoms with Crippen LogP contribution < -0.4 is 0 Å². The molecule has 0 saturated carbocycles. The van der Waals surface area contributed by atoms with Crippen LogP contribution in [0.5, 0.6) is 0 Å². The van der Waals surface area contributed by atoms with Crippen molar-refractivity contribution < 1.29 is 13.9 Å². The smallest absolute Gasteiger partial charge is 0.186 e. The Morgan fingerprint density at radius 2 is 1.88 bits per heavy atom. The van der Waals surface area contributed by atoms with E-state index in [2.05, 4.69) is 37.3 Å². The van der Waals surface area contributed by atoms with Crippen LogP contribution in [0.25, 0.3) is 0 Å². The minimum absolute atomic E-state index is 0.224. The Bertz CT molecular complexity index is 1020. The molecule has 4 rings (SSSR count). The van der Waals surface area contributed by atoms with Crippen LogP contribution in [0, 0.1) is 12.7 Å². The maximum absolute atomic E-state index is 15.1. The fourth-order valence-corrected chi connectivity index (χ4v) is 4.36. The highest BCUT2D eigenvalue weighted by molar-refractivity contribution is 6.15. The highest BCUT2D eigenvalue weighted by Gasteiger charge is 2.27. The molecular weight excluding hydrogens is 401 g/mol. The Labute approximate surface area is 190 Å². The average molecular weight is 434 g/mol. The molecule has 0 unspecified atom stereocenters. The number of hydrogen-bond acceptors (Lipinski definition) is 3. The van der Waals surface area contributed by atoms with E-state index in [9.17, 15) is 0 Å². The first-order chi connectivity index (χ1) is 15.7. The van der Waals surface area contributed by atoms with Gasteiger partial charge in [-0.3, -0.25) is 0 Å². The summed E-state index contributed by atoms with van der Waals surface area (Å²) in [6.07, 6.45) is 12.0. The van der Waals surface area contributed by atoms with Gasteiger partial charge in [-0.2, -0.15) is 0 Å². The summed E-state index contributed by atoms with van der Waals surface area (Å²) in [6.45, 7) is 5.11. The van der Waals surface area contributed by atoms with E-state index in [-0.39, 0.29) is 5.82 Å². The summed E-state index contributed by atoms with van der Waals surface area (Å²) in [6, 6.07) is 11.7. The normalized spacial score (nSPS) is 17.1. The number of allylic oxidation sites excluding steroid dienone is 4. The van der Waals surface area contributed by atoms with E-state index in [1.165, 1.54) is 0 Å². The number of rotatable bonds is 8. The summed E-state index contributed by atoms with van der Waals surface area (Å²) < 4.78 is 27.0. The van der Waals surface area contributed by atoms with Gasteiger partial charge in [0.05, 0.1) is 24.6 Å². The van der Waals surface area contributed by atoms with E-state index in [4.69, 9.17) is 14.5 Å². The van der Waals surface area contributed by atoms with Gasteiger partial charge in [0.2, 0.25) is 0 Å². The van der Waals surface area contributed by atoms with Crippen molar-refractivity contribution in [1.82, 2.24) is 0 Å². The first-order valence-electron chi connectivity index (χ1n) is 11.7. The van der Waals surface area contributed by atoms with Crippen LogP contribution in [0.3, 0.4) is 0 Å². The largest absolute Gasteiger partial charge is 0.346 e. The van der Waals surface area contributed by atoms with Gasteiger partial charge in [-0.15, -0.1) is 0 Å². The Morgan fingerprint density at radius 3 is 2.56 bits per heavy atom. The van der Waals surface area contributed by atoms with Crippen LogP contribution in [0.2, 0.25) is 0 Å².